The summed E-state index contributed by atoms with van der Waals surface area (Å²) in [6, 6.07) is 4.59. The molecule has 25 heavy (non-hydrogen) atoms. The summed E-state index contributed by atoms with van der Waals surface area (Å²) in [4.78, 5) is 0. The third kappa shape index (κ3) is 4.48. The zero-order chi connectivity index (χ0) is 18.9. The van der Waals surface area contributed by atoms with Crippen molar-refractivity contribution < 1.29 is 30.4 Å². The maximum atomic E-state index is 13.5. The number of benzene rings is 2. The van der Waals surface area contributed by atoms with Gasteiger partial charge in [0.05, 0.1) is 11.3 Å². The van der Waals surface area contributed by atoms with Gasteiger partial charge in [-0.2, -0.15) is 0 Å². The number of hydrogen-bond acceptors (Lipinski definition) is 2. The fourth-order valence-corrected chi connectivity index (χ4v) is 3.61. The van der Waals surface area contributed by atoms with Crippen molar-refractivity contribution in [2.45, 2.75) is 5.75 Å². The Morgan fingerprint density at radius 1 is 0.840 bits per heavy atom. The largest absolute Gasteiger partial charge is 0.224 e. The van der Waals surface area contributed by atoms with Crippen molar-refractivity contribution in [1.29, 1.82) is 0 Å². The van der Waals surface area contributed by atoms with Gasteiger partial charge >= 0.3 is 0 Å². The van der Waals surface area contributed by atoms with Gasteiger partial charge in [0.15, 0.2) is 33.1 Å². The van der Waals surface area contributed by atoms with Crippen LogP contribution in [0.25, 0.3) is 6.08 Å². The molecule has 2 nitrogen and oxygen atoms in total. The number of sulfone groups is 1. The molecular formula is C15H7Br2F5O2S. The Bertz CT molecular complexity index is 945. The highest BCUT2D eigenvalue weighted by molar-refractivity contribution is 9.13. The molecule has 0 radical (unpaired) electrons. The van der Waals surface area contributed by atoms with Crippen molar-refractivity contribution >= 4 is 47.8 Å². The van der Waals surface area contributed by atoms with Crippen LogP contribution in [0.4, 0.5) is 22.0 Å². The second-order valence-electron chi connectivity index (χ2n) is 4.84. The molecule has 0 fully saturated rings. The van der Waals surface area contributed by atoms with Gasteiger partial charge in [0.1, 0.15) is 0 Å². The van der Waals surface area contributed by atoms with Crippen molar-refractivity contribution in [3.05, 3.63) is 72.8 Å². The molecule has 2 rings (SSSR count). The van der Waals surface area contributed by atoms with Gasteiger partial charge in [-0.25, -0.2) is 30.4 Å². The lowest BCUT2D eigenvalue weighted by Crippen LogP contribution is -2.05. The van der Waals surface area contributed by atoms with E-state index < -0.39 is 50.2 Å². The van der Waals surface area contributed by atoms with Crippen LogP contribution in [0.1, 0.15) is 11.1 Å². The molecule has 0 N–H and O–H groups in total. The summed E-state index contributed by atoms with van der Waals surface area (Å²) in [5, 5.41) is 0.404. The molecule has 134 valence electrons. The lowest BCUT2D eigenvalue weighted by molar-refractivity contribution is 0.377. The van der Waals surface area contributed by atoms with E-state index in [0.717, 1.165) is 0 Å². The van der Waals surface area contributed by atoms with Crippen LogP contribution < -0.4 is 0 Å². The van der Waals surface area contributed by atoms with E-state index in [1.807, 2.05) is 0 Å². The Labute approximate surface area is 156 Å². The summed E-state index contributed by atoms with van der Waals surface area (Å²) in [6.07, 6.45) is 0.347. The summed E-state index contributed by atoms with van der Waals surface area (Å²) in [5.74, 6) is -11.3. The zero-order valence-electron chi connectivity index (χ0n) is 12.0. The van der Waals surface area contributed by atoms with Crippen LogP contribution in [-0.4, -0.2) is 8.42 Å². The average Bonchev–Trinajstić information content (AvgIpc) is 2.54. The first-order valence-corrected chi connectivity index (χ1v) is 9.70. The maximum absolute atomic E-state index is 13.5. The van der Waals surface area contributed by atoms with Crippen LogP contribution in [0, 0.1) is 29.1 Å². The van der Waals surface area contributed by atoms with Gasteiger partial charge < -0.3 is 0 Å². The minimum absolute atomic E-state index is 0.347. The molecule has 0 aliphatic rings. The van der Waals surface area contributed by atoms with Gasteiger partial charge in [0.25, 0.3) is 0 Å². The molecule has 0 spiro atoms. The molecule has 0 aromatic heterocycles. The van der Waals surface area contributed by atoms with Crippen molar-refractivity contribution in [1.82, 2.24) is 0 Å². The van der Waals surface area contributed by atoms with Crippen molar-refractivity contribution in [2.24, 2.45) is 0 Å². The smallest absolute Gasteiger partial charge is 0.200 e. The van der Waals surface area contributed by atoms with E-state index in [9.17, 15) is 30.4 Å². The molecule has 0 bridgehead atoms. The molecular weight excluding hydrogens is 499 g/mol. The van der Waals surface area contributed by atoms with E-state index >= 15 is 0 Å². The van der Waals surface area contributed by atoms with Crippen LogP contribution in [-0.2, 0) is 15.6 Å². The summed E-state index contributed by atoms with van der Waals surface area (Å²) < 4.78 is 91.5. The second kappa shape index (κ2) is 7.55. The summed E-state index contributed by atoms with van der Waals surface area (Å²) in [7, 11) is -4.02. The van der Waals surface area contributed by atoms with E-state index in [4.69, 9.17) is 0 Å². The fourth-order valence-electron chi connectivity index (χ4n) is 1.85. The summed E-state index contributed by atoms with van der Waals surface area (Å²) >= 11 is 6.40. The molecule has 2 aromatic rings. The Morgan fingerprint density at radius 2 is 1.36 bits per heavy atom. The van der Waals surface area contributed by atoms with E-state index in [0.29, 0.717) is 26.0 Å². The van der Waals surface area contributed by atoms with E-state index in [1.165, 1.54) is 12.1 Å². The first-order valence-electron chi connectivity index (χ1n) is 6.39. The zero-order valence-corrected chi connectivity index (χ0v) is 16.0. The van der Waals surface area contributed by atoms with Gasteiger partial charge in [-0.15, -0.1) is 0 Å². The van der Waals surface area contributed by atoms with Crippen LogP contribution in [0.15, 0.2) is 32.6 Å². The van der Waals surface area contributed by atoms with Gasteiger partial charge in [-0.3, -0.25) is 0 Å². The highest BCUT2D eigenvalue weighted by Gasteiger charge is 2.24. The van der Waals surface area contributed by atoms with Gasteiger partial charge in [0, 0.05) is 14.4 Å². The van der Waals surface area contributed by atoms with Gasteiger partial charge in [-0.05, 0) is 55.6 Å². The third-order valence-corrected chi connectivity index (χ3v) is 6.20. The van der Waals surface area contributed by atoms with E-state index in [1.54, 1.807) is 6.07 Å². The van der Waals surface area contributed by atoms with Crippen LogP contribution in [0.5, 0.6) is 0 Å². The number of halogens is 7. The van der Waals surface area contributed by atoms with Crippen molar-refractivity contribution in [3.8, 4) is 0 Å². The SMILES string of the molecule is O=S(=O)(/C=C/c1c(F)c(F)c(F)c(F)c1F)Cc1ccc(Br)c(Br)c1. The number of hydrogen-bond donors (Lipinski definition) is 0. The first kappa shape index (κ1) is 20.1. The first-order chi connectivity index (χ1) is 11.5. The molecule has 10 heteroatoms. The Morgan fingerprint density at radius 3 is 1.88 bits per heavy atom. The van der Waals surface area contributed by atoms with Crippen molar-refractivity contribution in [2.75, 3.05) is 0 Å². The van der Waals surface area contributed by atoms with E-state index in [-0.39, 0.29) is 0 Å². The third-order valence-electron chi connectivity index (χ3n) is 3.04. The lowest BCUT2D eigenvalue weighted by Gasteiger charge is -2.05. The molecule has 0 aliphatic heterocycles. The molecule has 0 aliphatic carbocycles. The standard InChI is InChI=1S/C15H7Br2F5O2S/c16-9-2-1-7(5-10(9)17)6-25(23,24)4-3-8-11(18)13(20)15(22)14(21)12(8)19/h1-5H,6H2/b4-3+. The predicted octanol–water partition coefficient (Wildman–Crippen LogP) is 5.49. The predicted molar refractivity (Wildman–Crippen MR) is 89.7 cm³/mol. The van der Waals surface area contributed by atoms with Gasteiger partial charge in [-0.1, -0.05) is 6.07 Å². The normalized spacial score (nSPS) is 12.1. The molecule has 0 amide bonds. The average molecular weight is 506 g/mol. The minimum atomic E-state index is -4.02. The highest BCUT2D eigenvalue weighted by Crippen LogP contribution is 2.26. The summed E-state index contributed by atoms with van der Waals surface area (Å²) in [5.41, 5.74) is -0.964. The Kier molecular flexibility index (Phi) is 6.05. The molecule has 0 atom stereocenters. The van der Waals surface area contributed by atoms with Crippen molar-refractivity contribution in [3.63, 3.8) is 0 Å². The summed E-state index contributed by atoms with van der Waals surface area (Å²) in [6.45, 7) is 0. The minimum Gasteiger partial charge on any atom is -0.224 e. The second-order valence-corrected chi connectivity index (χ2v) is 8.44. The quantitative estimate of drug-likeness (QED) is 0.312. The Hall–Kier alpha value is -1.26. The van der Waals surface area contributed by atoms with Crippen LogP contribution in [0.2, 0.25) is 0 Å². The molecule has 0 saturated carbocycles. The van der Waals surface area contributed by atoms with Gasteiger partial charge in [0.2, 0.25) is 5.82 Å². The monoisotopic (exact) mass is 504 g/mol. The molecule has 0 saturated heterocycles. The highest BCUT2D eigenvalue weighted by atomic mass is 79.9. The molecule has 0 heterocycles. The lowest BCUT2D eigenvalue weighted by atomic mass is 10.1. The van der Waals surface area contributed by atoms with E-state index in [2.05, 4.69) is 31.9 Å². The van der Waals surface area contributed by atoms with Crippen LogP contribution in [0.3, 0.4) is 0 Å². The fraction of sp³-hybridized carbons (Fsp3) is 0.0667. The number of rotatable bonds is 4. The maximum Gasteiger partial charge on any atom is 0.200 e. The van der Waals surface area contributed by atoms with Crippen LogP contribution >= 0.6 is 31.9 Å². The molecule has 2 aromatic carbocycles. The topological polar surface area (TPSA) is 34.1 Å². The molecule has 0 unspecified atom stereocenters. The Balaban J connectivity index is 2.36.